The lowest BCUT2D eigenvalue weighted by Gasteiger charge is -2.02. The smallest absolute Gasteiger partial charge is 0.217 e. The molecule has 1 heterocycles. The summed E-state index contributed by atoms with van der Waals surface area (Å²) in [7, 11) is 0. The van der Waals surface area contributed by atoms with Crippen LogP contribution in [0.2, 0.25) is 0 Å². The first-order chi connectivity index (χ1) is 4.74. The molecule has 1 aliphatic rings. The van der Waals surface area contributed by atoms with Crippen molar-refractivity contribution in [3.63, 3.8) is 0 Å². The number of amidine groups is 1. The average Bonchev–Trinajstić information content (AvgIpc) is 2.13. The SMILES string of the molecule is CCCC1N=C(N)N=C1N. The van der Waals surface area contributed by atoms with E-state index in [-0.39, 0.29) is 6.04 Å². The molecule has 4 heteroatoms. The minimum Gasteiger partial charge on any atom is -0.385 e. The normalized spacial score (nSPS) is 24.3. The van der Waals surface area contributed by atoms with Gasteiger partial charge in [-0.05, 0) is 6.42 Å². The van der Waals surface area contributed by atoms with Crippen molar-refractivity contribution >= 4 is 11.8 Å². The summed E-state index contributed by atoms with van der Waals surface area (Å²) >= 11 is 0. The highest BCUT2D eigenvalue weighted by molar-refractivity contribution is 6.02. The monoisotopic (exact) mass is 140 g/mol. The Labute approximate surface area is 60.0 Å². The van der Waals surface area contributed by atoms with Crippen LogP contribution in [0.3, 0.4) is 0 Å². The fourth-order valence-corrected chi connectivity index (χ4v) is 0.947. The Bertz CT molecular complexity index is 182. The summed E-state index contributed by atoms with van der Waals surface area (Å²) in [4.78, 5) is 7.84. The molecule has 1 rings (SSSR count). The molecule has 0 spiro atoms. The second kappa shape index (κ2) is 2.68. The molecule has 4 N–H and O–H groups in total. The van der Waals surface area contributed by atoms with Crippen LogP contribution < -0.4 is 11.5 Å². The van der Waals surface area contributed by atoms with Gasteiger partial charge >= 0.3 is 0 Å². The molecule has 0 fully saturated rings. The second-order valence-corrected chi connectivity index (χ2v) is 2.33. The summed E-state index contributed by atoms with van der Waals surface area (Å²) in [6, 6.07) is 0.0463. The number of guanidine groups is 1. The van der Waals surface area contributed by atoms with Crippen LogP contribution in [0.25, 0.3) is 0 Å². The van der Waals surface area contributed by atoms with E-state index in [2.05, 4.69) is 16.9 Å². The first kappa shape index (κ1) is 7.05. The molecule has 0 bridgehead atoms. The predicted molar refractivity (Wildman–Crippen MR) is 41.9 cm³/mol. The number of hydrogen-bond donors (Lipinski definition) is 2. The van der Waals surface area contributed by atoms with Crippen molar-refractivity contribution in [1.82, 2.24) is 0 Å². The van der Waals surface area contributed by atoms with Crippen molar-refractivity contribution in [3.8, 4) is 0 Å². The lowest BCUT2D eigenvalue weighted by atomic mass is 10.2. The van der Waals surface area contributed by atoms with Gasteiger partial charge in [0, 0.05) is 0 Å². The van der Waals surface area contributed by atoms with Gasteiger partial charge in [0.25, 0.3) is 0 Å². The molecule has 1 atom stereocenters. The number of hydrogen-bond acceptors (Lipinski definition) is 4. The Morgan fingerprint density at radius 2 is 2.20 bits per heavy atom. The van der Waals surface area contributed by atoms with Gasteiger partial charge in [-0.1, -0.05) is 13.3 Å². The minimum atomic E-state index is 0.0463. The van der Waals surface area contributed by atoms with Crippen LogP contribution in [0.5, 0.6) is 0 Å². The molecule has 4 nitrogen and oxygen atoms in total. The molecule has 0 radical (unpaired) electrons. The minimum absolute atomic E-state index is 0.0463. The van der Waals surface area contributed by atoms with Crippen molar-refractivity contribution in [2.24, 2.45) is 21.5 Å². The molecular weight excluding hydrogens is 128 g/mol. The van der Waals surface area contributed by atoms with Gasteiger partial charge in [0.1, 0.15) is 11.9 Å². The average molecular weight is 140 g/mol. The maximum atomic E-state index is 5.51. The summed E-state index contributed by atoms with van der Waals surface area (Å²) in [6.07, 6.45) is 1.99. The molecule has 0 aromatic rings. The second-order valence-electron chi connectivity index (χ2n) is 2.33. The number of nitrogens with two attached hydrogens (primary N) is 2. The highest BCUT2D eigenvalue weighted by Gasteiger charge is 2.16. The van der Waals surface area contributed by atoms with E-state index in [4.69, 9.17) is 11.5 Å². The van der Waals surface area contributed by atoms with Crippen LogP contribution in [0, 0.1) is 0 Å². The zero-order valence-corrected chi connectivity index (χ0v) is 6.04. The maximum absolute atomic E-state index is 5.51. The molecule has 0 aromatic carbocycles. The van der Waals surface area contributed by atoms with Gasteiger partial charge in [0.15, 0.2) is 0 Å². The molecule has 56 valence electrons. The first-order valence-corrected chi connectivity index (χ1v) is 3.41. The van der Waals surface area contributed by atoms with Crippen molar-refractivity contribution in [2.45, 2.75) is 25.8 Å². The number of rotatable bonds is 2. The van der Waals surface area contributed by atoms with Gasteiger partial charge in [-0.25, -0.2) is 4.99 Å². The zero-order valence-electron chi connectivity index (χ0n) is 6.04. The Kier molecular flexibility index (Phi) is 1.89. The summed E-state index contributed by atoms with van der Waals surface area (Å²) in [5.41, 5.74) is 10.8. The Morgan fingerprint density at radius 1 is 1.50 bits per heavy atom. The van der Waals surface area contributed by atoms with Crippen LogP contribution in [0.4, 0.5) is 0 Å². The van der Waals surface area contributed by atoms with E-state index in [0.717, 1.165) is 12.8 Å². The highest BCUT2D eigenvalue weighted by Crippen LogP contribution is 2.06. The van der Waals surface area contributed by atoms with E-state index in [0.29, 0.717) is 11.8 Å². The Morgan fingerprint density at radius 3 is 2.60 bits per heavy atom. The van der Waals surface area contributed by atoms with Crippen LogP contribution in [0.1, 0.15) is 19.8 Å². The first-order valence-electron chi connectivity index (χ1n) is 3.41. The van der Waals surface area contributed by atoms with Crippen molar-refractivity contribution < 1.29 is 0 Å². The van der Waals surface area contributed by atoms with Gasteiger partial charge in [-0.2, -0.15) is 4.99 Å². The van der Waals surface area contributed by atoms with E-state index in [1.165, 1.54) is 0 Å². The topological polar surface area (TPSA) is 76.8 Å². The molecule has 0 aromatic heterocycles. The van der Waals surface area contributed by atoms with Crippen LogP contribution in [-0.2, 0) is 0 Å². The van der Waals surface area contributed by atoms with Crippen LogP contribution >= 0.6 is 0 Å². The molecular formula is C6H12N4. The summed E-state index contributed by atoms with van der Waals surface area (Å²) in [5, 5.41) is 0. The largest absolute Gasteiger partial charge is 0.385 e. The van der Waals surface area contributed by atoms with Crippen LogP contribution in [-0.4, -0.2) is 17.8 Å². The van der Waals surface area contributed by atoms with Gasteiger partial charge in [-0.15, -0.1) is 0 Å². The molecule has 0 aliphatic carbocycles. The molecule has 1 aliphatic heterocycles. The van der Waals surface area contributed by atoms with Gasteiger partial charge < -0.3 is 11.5 Å². The fourth-order valence-electron chi connectivity index (χ4n) is 0.947. The molecule has 1 unspecified atom stereocenters. The summed E-state index contributed by atoms with van der Waals surface area (Å²) in [6.45, 7) is 2.08. The molecule has 0 saturated carbocycles. The maximum Gasteiger partial charge on any atom is 0.217 e. The standard InChI is InChI=1S/C6H12N4/c1-2-3-4-5(7)10-6(8)9-4/h4H,2-3H2,1H3,(H4,7,8,9,10). The van der Waals surface area contributed by atoms with E-state index in [1.54, 1.807) is 0 Å². The van der Waals surface area contributed by atoms with Gasteiger partial charge in [0.2, 0.25) is 5.96 Å². The third-order valence-corrected chi connectivity index (χ3v) is 1.44. The van der Waals surface area contributed by atoms with Crippen molar-refractivity contribution in [1.29, 1.82) is 0 Å². The Balaban J connectivity index is 2.56. The fraction of sp³-hybridized carbons (Fsp3) is 0.667. The van der Waals surface area contributed by atoms with E-state index in [9.17, 15) is 0 Å². The van der Waals surface area contributed by atoms with E-state index >= 15 is 0 Å². The summed E-state index contributed by atoms with van der Waals surface area (Å²) < 4.78 is 0. The molecule has 0 saturated heterocycles. The van der Waals surface area contributed by atoms with Crippen LogP contribution in [0.15, 0.2) is 9.98 Å². The quantitative estimate of drug-likeness (QED) is 0.559. The van der Waals surface area contributed by atoms with E-state index in [1.807, 2.05) is 0 Å². The third-order valence-electron chi connectivity index (χ3n) is 1.44. The number of aliphatic imine (C=N–C) groups is 2. The Hall–Kier alpha value is -1.06. The molecule has 0 amide bonds. The van der Waals surface area contributed by atoms with E-state index < -0.39 is 0 Å². The predicted octanol–water partition coefficient (Wildman–Crippen LogP) is -0.159. The van der Waals surface area contributed by atoms with Gasteiger partial charge in [0.05, 0.1) is 0 Å². The van der Waals surface area contributed by atoms with Gasteiger partial charge in [-0.3, -0.25) is 0 Å². The third kappa shape index (κ3) is 1.26. The lowest BCUT2D eigenvalue weighted by molar-refractivity contribution is 0.737. The number of nitrogens with zero attached hydrogens (tertiary/aromatic N) is 2. The van der Waals surface area contributed by atoms with Crippen molar-refractivity contribution in [2.75, 3.05) is 0 Å². The lowest BCUT2D eigenvalue weighted by Crippen LogP contribution is -2.23. The molecule has 10 heavy (non-hydrogen) atoms. The highest BCUT2D eigenvalue weighted by atomic mass is 15.1. The zero-order chi connectivity index (χ0) is 7.56. The van der Waals surface area contributed by atoms with Crippen molar-refractivity contribution in [3.05, 3.63) is 0 Å². The summed E-state index contributed by atoms with van der Waals surface area (Å²) in [5.74, 6) is 0.871.